The average Bonchev–Trinajstić information content (AvgIpc) is 2.76. The highest BCUT2D eigenvalue weighted by molar-refractivity contribution is 5.90. The van der Waals surface area contributed by atoms with Crippen molar-refractivity contribution >= 4 is 24.1 Å². The number of rotatable bonds is 5. The largest absolute Gasteiger partial charge is 0.492 e. The van der Waals surface area contributed by atoms with E-state index in [0.717, 1.165) is 19.7 Å². The maximum atomic E-state index is 12.0. The Hall–Kier alpha value is -1.50. The smallest absolute Gasteiger partial charge is 0.319 e. The second-order valence-corrected chi connectivity index (χ2v) is 4.91. The Morgan fingerprint density at radius 2 is 2.27 bits per heavy atom. The highest BCUT2D eigenvalue weighted by Crippen LogP contribution is 2.23. The Kier molecular flexibility index (Phi) is 8.65. The van der Waals surface area contributed by atoms with Crippen molar-refractivity contribution in [1.29, 1.82) is 0 Å². The number of carbonyl (C=O) groups excluding carboxylic acids is 1. The van der Waals surface area contributed by atoms with Gasteiger partial charge in [0.25, 0.3) is 0 Å². The summed E-state index contributed by atoms with van der Waals surface area (Å²) < 4.78 is 10.9. The Bertz CT molecular complexity index is 451. The lowest BCUT2D eigenvalue weighted by atomic mass is 10.1. The van der Waals surface area contributed by atoms with Crippen molar-refractivity contribution in [2.24, 2.45) is 5.92 Å². The number of anilines is 1. The molecule has 1 saturated heterocycles. The fourth-order valence-electron chi connectivity index (χ4n) is 2.15. The van der Waals surface area contributed by atoms with E-state index in [1.165, 1.54) is 0 Å². The van der Waals surface area contributed by atoms with Crippen LogP contribution in [0.15, 0.2) is 24.3 Å². The minimum atomic E-state index is -0.230. The number of urea groups is 1. The van der Waals surface area contributed by atoms with Crippen LogP contribution in [0, 0.1) is 5.92 Å². The molecule has 1 heterocycles. The number of hydrogen-bond acceptors (Lipinski definition) is 4. The molecule has 6 nitrogen and oxygen atoms in total. The SMILES string of the molecule is CCOc1ccccc1NC(=O)NCC1CNCCOC1.Cl. The van der Waals surface area contributed by atoms with Gasteiger partial charge in [-0.15, -0.1) is 12.4 Å². The molecule has 1 aromatic rings. The number of para-hydroxylation sites is 2. The van der Waals surface area contributed by atoms with E-state index in [0.29, 0.717) is 37.1 Å². The van der Waals surface area contributed by atoms with Crippen LogP contribution in [0.25, 0.3) is 0 Å². The fourth-order valence-corrected chi connectivity index (χ4v) is 2.15. The van der Waals surface area contributed by atoms with Crippen LogP contribution in [0.1, 0.15) is 6.92 Å². The van der Waals surface area contributed by atoms with Crippen molar-refractivity contribution < 1.29 is 14.3 Å². The van der Waals surface area contributed by atoms with Crippen molar-refractivity contribution in [2.45, 2.75) is 6.92 Å². The number of halogens is 1. The Labute approximate surface area is 137 Å². The molecule has 0 bridgehead atoms. The number of benzene rings is 1. The normalized spacial score (nSPS) is 17.8. The molecule has 1 aliphatic heterocycles. The van der Waals surface area contributed by atoms with Gasteiger partial charge in [0.1, 0.15) is 5.75 Å². The van der Waals surface area contributed by atoms with Crippen molar-refractivity contribution in [3.8, 4) is 5.75 Å². The minimum Gasteiger partial charge on any atom is -0.492 e. The van der Waals surface area contributed by atoms with E-state index in [2.05, 4.69) is 16.0 Å². The first-order valence-electron chi connectivity index (χ1n) is 7.34. The quantitative estimate of drug-likeness (QED) is 0.771. The van der Waals surface area contributed by atoms with Crippen molar-refractivity contribution in [3.05, 3.63) is 24.3 Å². The number of carbonyl (C=O) groups is 1. The molecule has 3 N–H and O–H groups in total. The molecule has 0 spiro atoms. The number of ether oxygens (including phenoxy) is 2. The van der Waals surface area contributed by atoms with E-state index in [9.17, 15) is 4.79 Å². The summed E-state index contributed by atoms with van der Waals surface area (Å²) in [7, 11) is 0. The molecule has 1 fully saturated rings. The van der Waals surface area contributed by atoms with Gasteiger partial charge in [-0.1, -0.05) is 12.1 Å². The second-order valence-electron chi connectivity index (χ2n) is 4.91. The van der Waals surface area contributed by atoms with Crippen LogP contribution >= 0.6 is 12.4 Å². The Morgan fingerprint density at radius 3 is 3.09 bits per heavy atom. The predicted octanol–water partition coefficient (Wildman–Crippen LogP) is 1.86. The molecule has 0 aliphatic carbocycles. The Morgan fingerprint density at radius 1 is 1.45 bits per heavy atom. The van der Waals surface area contributed by atoms with Gasteiger partial charge in [0.15, 0.2) is 0 Å². The van der Waals surface area contributed by atoms with Crippen LogP contribution in [-0.4, -0.2) is 45.5 Å². The van der Waals surface area contributed by atoms with E-state index in [1.807, 2.05) is 31.2 Å². The third-order valence-electron chi connectivity index (χ3n) is 3.20. The molecule has 0 radical (unpaired) electrons. The monoisotopic (exact) mass is 329 g/mol. The molecule has 2 amide bonds. The van der Waals surface area contributed by atoms with Gasteiger partial charge < -0.3 is 25.4 Å². The molecule has 7 heteroatoms. The zero-order valence-electron chi connectivity index (χ0n) is 12.8. The molecule has 1 aliphatic rings. The topological polar surface area (TPSA) is 71.6 Å². The van der Waals surface area contributed by atoms with Crippen molar-refractivity contribution in [1.82, 2.24) is 10.6 Å². The van der Waals surface area contributed by atoms with Crippen LogP contribution in [0.4, 0.5) is 10.5 Å². The summed E-state index contributed by atoms with van der Waals surface area (Å²) in [5.41, 5.74) is 0.673. The lowest BCUT2D eigenvalue weighted by Crippen LogP contribution is -2.37. The number of amides is 2. The first kappa shape index (κ1) is 18.5. The summed E-state index contributed by atoms with van der Waals surface area (Å²) in [6.45, 7) is 6.17. The standard InChI is InChI=1S/C15H23N3O3.ClH/c1-2-21-14-6-4-3-5-13(14)18-15(19)17-10-12-9-16-7-8-20-11-12;/h3-6,12,16H,2,7-11H2,1H3,(H2,17,18,19);1H. The summed E-state index contributed by atoms with van der Waals surface area (Å²) in [6.07, 6.45) is 0. The number of nitrogens with one attached hydrogen (secondary N) is 3. The molecule has 0 aromatic heterocycles. The van der Waals surface area contributed by atoms with Gasteiger partial charge in [-0.05, 0) is 19.1 Å². The summed E-state index contributed by atoms with van der Waals surface area (Å²) in [5.74, 6) is 0.968. The van der Waals surface area contributed by atoms with Gasteiger partial charge in [0.05, 0.1) is 25.5 Å². The highest BCUT2D eigenvalue weighted by Gasteiger charge is 2.14. The third kappa shape index (κ3) is 6.09. The molecule has 2 rings (SSSR count). The molecule has 22 heavy (non-hydrogen) atoms. The summed E-state index contributed by atoms with van der Waals surface area (Å²) in [4.78, 5) is 12.0. The van der Waals surface area contributed by atoms with Gasteiger partial charge in [0.2, 0.25) is 0 Å². The average molecular weight is 330 g/mol. The van der Waals surface area contributed by atoms with Crippen LogP contribution in [0.2, 0.25) is 0 Å². The summed E-state index contributed by atoms with van der Waals surface area (Å²) in [6, 6.07) is 7.17. The van der Waals surface area contributed by atoms with Crippen LogP contribution < -0.4 is 20.7 Å². The second kappa shape index (κ2) is 10.3. The Balaban J connectivity index is 0.00000242. The van der Waals surface area contributed by atoms with Gasteiger partial charge in [0, 0.05) is 25.6 Å². The van der Waals surface area contributed by atoms with E-state index in [1.54, 1.807) is 0 Å². The van der Waals surface area contributed by atoms with Crippen molar-refractivity contribution in [2.75, 3.05) is 44.8 Å². The number of hydrogen-bond donors (Lipinski definition) is 3. The molecule has 1 atom stereocenters. The first-order chi connectivity index (χ1) is 10.3. The zero-order valence-corrected chi connectivity index (χ0v) is 13.6. The summed E-state index contributed by atoms with van der Waals surface area (Å²) in [5, 5.41) is 8.97. The molecule has 124 valence electrons. The molecule has 1 aromatic carbocycles. The fraction of sp³-hybridized carbons (Fsp3) is 0.533. The maximum Gasteiger partial charge on any atom is 0.319 e. The maximum absolute atomic E-state index is 12.0. The third-order valence-corrected chi connectivity index (χ3v) is 3.20. The predicted molar refractivity (Wildman–Crippen MR) is 89.1 cm³/mol. The van der Waals surface area contributed by atoms with Crippen LogP contribution in [0.3, 0.4) is 0 Å². The van der Waals surface area contributed by atoms with Crippen LogP contribution in [-0.2, 0) is 4.74 Å². The molecular weight excluding hydrogens is 306 g/mol. The first-order valence-corrected chi connectivity index (χ1v) is 7.34. The van der Waals surface area contributed by atoms with Gasteiger partial charge >= 0.3 is 6.03 Å². The lowest BCUT2D eigenvalue weighted by molar-refractivity contribution is 0.123. The lowest BCUT2D eigenvalue weighted by Gasteiger charge is -2.16. The van der Waals surface area contributed by atoms with E-state index in [4.69, 9.17) is 9.47 Å². The molecule has 0 saturated carbocycles. The van der Waals surface area contributed by atoms with Gasteiger partial charge in [-0.2, -0.15) is 0 Å². The zero-order chi connectivity index (χ0) is 14.9. The molecule has 1 unspecified atom stereocenters. The van der Waals surface area contributed by atoms with E-state index >= 15 is 0 Å². The minimum absolute atomic E-state index is 0. The van der Waals surface area contributed by atoms with Crippen LogP contribution in [0.5, 0.6) is 5.75 Å². The van der Waals surface area contributed by atoms with Crippen molar-refractivity contribution in [3.63, 3.8) is 0 Å². The van der Waals surface area contributed by atoms with Gasteiger partial charge in [-0.25, -0.2) is 4.79 Å². The molecular formula is C15H24ClN3O3. The summed E-state index contributed by atoms with van der Waals surface area (Å²) >= 11 is 0. The van der Waals surface area contributed by atoms with E-state index in [-0.39, 0.29) is 18.4 Å². The van der Waals surface area contributed by atoms with Gasteiger partial charge in [-0.3, -0.25) is 0 Å². The van der Waals surface area contributed by atoms with E-state index < -0.39 is 0 Å². The highest BCUT2D eigenvalue weighted by atomic mass is 35.5.